The van der Waals surface area contributed by atoms with Gasteiger partial charge in [0.05, 0.1) is 5.92 Å². The van der Waals surface area contributed by atoms with Crippen LogP contribution in [0.1, 0.15) is 23.8 Å². The molecule has 2 amide bonds. The van der Waals surface area contributed by atoms with Gasteiger partial charge >= 0.3 is 0 Å². The molecule has 5 heteroatoms. The van der Waals surface area contributed by atoms with Crippen LogP contribution in [0.2, 0.25) is 0 Å². The van der Waals surface area contributed by atoms with Crippen molar-refractivity contribution in [3.8, 4) is 0 Å². The molecule has 0 aliphatic carbocycles. The van der Waals surface area contributed by atoms with Gasteiger partial charge in [-0.2, -0.15) is 0 Å². The summed E-state index contributed by atoms with van der Waals surface area (Å²) in [5, 5.41) is 1.96. The molecule has 1 saturated heterocycles. The highest BCUT2D eigenvalue weighted by molar-refractivity contribution is 6.30. The Morgan fingerprint density at radius 1 is 1.35 bits per heavy atom. The number of rotatable bonds is 3. The van der Waals surface area contributed by atoms with Gasteiger partial charge in [0.15, 0.2) is 0 Å². The molecule has 0 saturated carbocycles. The standard InChI is InChI=1S/C15H19ClN2O2/c1-17-14(19)12-8-5-9-18(10-12)15(20)13(16)11-6-3-2-4-7-11/h2-4,6-7,12-13H,5,8-10H2,1H3,(H,17,19). The molecule has 1 aliphatic heterocycles. The van der Waals surface area contributed by atoms with Crippen LogP contribution in [-0.4, -0.2) is 36.9 Å². The van der Waals surface area contributed by atoms with Crippen LogP contribution < -0.4 is 5.32 Å². The first-order valence-electron chi connectivity index (χ1n) is 6.83. The highest BCUT2D eigenvalue weighted by Gasteiger charge is 2.31. The lowest BCUT2D eigenvalue weighted by molar-refractivity contribution is -0.135. The summed E-state index contributed by atoms with van der Waals surface area (Å²) in [4.78, 5) is 25.8. The fraction of sp³-hybridized carbons (Fsp3) is 0.467. The lowest BCUT2D eigenvalue weighted by Gasteiger charge is -2.33. The van der Waals surface area contributed by atoms with Gasteiger partial charge in [-0.3, -0.25) is 9.59 Å². The molecule has 108 valence electrons. The number of piperidine rings is 1. The van der Waals surface area contributed by atoms with Gasteiger partial charge in [-0.25, -0.2) is 0 Å². The van der Waals surface area contributed by atoms with E-state index < -0.39 is 5.38 Å². The SMILES string of the molecule is CNC(=O)C1CCCN(C(=O)C(Cl)c2ccccc2)C1. The van der Waals surface area contributed by atoms with Crippen molar-refractivity contribution in [3.63, 3.8) is 0 Å². The Bertz CT molecular complexity index is 478. The molecule has 1 aromatic rings. The molecule has 4 nitrogen and oxygen atoms in total. The molecule has 0 radical (unpaired) electrons. The van der Waals surface area contributed by atoms with E-state index in [9.17, 15) is 9.59 Å². The van der Waals surface area contributed by atoms with Crippen LogP contribution in [0.25, 0.3) is 0 Å². The molecule has 0 aromatic heterocycles. The first kappa shape index (κ1) is 14.9. The lowest BCUT2D eigenvalue weighted by Crippen LogP contribution is -2.45. The van der Waals surface area contributed by atoms with E-state index in [1.54, 1.807) is 11.9 Å². The van der Waals surface area contributed by atoms with E-state index in [4.69, 9.17) is 11.6 Å². The molecule has 2 rings (SSSR count). The summed E-state index contributed by atoms with van der Waals surface area (Å²) in [6.07, 6.45) is 1.66. The number of carbonyl (C=O) groups excluding carboxylic acids is 2. The molecule has 1 heterocycles. The number of nitrogens with zero attached hydrogens (tertiary/aromatic N) is 1. The smallest absolute Gasteiger partial charge is 0.245 e. The molecule has 0 spiro atoms. The second kappa shape index (κ2) is 6.75. The summed E-state index contributed by atoms with van der Waals surface area (Å²) in [5.41, 5.74) is 0.793. The fourth-order valence-electron chi connectivity index (χ4n) is 2.52. The zero-order valence-corrected chi connectivity index (χ0v) is 12.3. The molecule has 1 fully saturated rings. The van der Waals surface area contributed by atoms with Crippen molar-refractivity contribution in [2.75, 3.05) is 20.1 Å². The molecule has 1 aromatic carbocycles. The molecule has 2 atom stereocenters. The molecule has 1 N–H and O–H groups in total. The Hall–Kier alpha value is -1.55. The third kappa shape index (κ3) is 3.31. The maximum absolute atomic E-state index is 12.4. The van der Waals surface area contributed by atoms with Crippen LogP contribution in [0.3, 0.4) is 0 Å². The number of hydrogen-bond acceptors (Lipinski definition) is 2. The number of benzene rings is 1. The van der Waals surface area contributed by atoms with E-state index >= 15 is 0 Å². The average molecular weight is 295 g/mol. The summed E-state index contributed by atoms with van der Waals surface area (Å²) in [7, 11) is 1.62. The van der Waals surface area contributed by atoms with Crippen LogP contribution >= 0.6 is 11.6 Å². The summed E-state index contributed by atoms with van der Waals surface area (Å²) in [6, 6.07) is 9.30. The number of likely N-dealkylation sites (tertiary alicyclic amines) is 1. The second-order valence-corrected chi connectivity index (χ2v) is 5.45. The van der Waals surface area contributed by atoms with Crippen LogP contribution in [-0.2, 0) is 9.59 Å². The highest BCUT2D eigenvalue weighted by Crippen LogP contribution is 2.26. The first-order chi connectivity index (χ1) is 9.63. The van der Waals surface area contributed by atoms with E-state index in [1.165, 1.54) is 0 Å². The van der Waals surface area contributed by atoms with Gasteiger partial charge in [-0.15, -0.1) is 11.6 Å². The van der Waals surface area contributed by atoms with Gasteiger partial charge in [0, 0.05) is 20.1 Å². The summed E-state index contributed by atoms with van der Waals surface area (Å²) < 4.78 is 0. The third-order valence-electron chi connectivity index (χ3n) is 3.66. The van der Waals surface area contributed by atoms with E-state index in [1.807, 2.05) is 30.3 Å². The van der Waals surface area contributed by atoms with Crippen LogP contribution in [0, 0.1) is 5.92 Å². The number of alkyl halides is 1. The fourth-order valence-corrected chi connectivity index (χ4v) is 2.80. The number of amides is 2. The Kier molecular flexibility index (Phi) is 5.01. The highest BCUT2D eigenvalue weighted by atomic mass is 35.5. The number of carbonyl (C=O) groups is 2. The van der Waals surface area contributed by atoms with E-state index in [0.29, 0.717) is 13.1 Å². The molecule has 1 aliphatic rings. The minimum atomic E-state index is -0.681. The van der Waals surface area contributed by atoms with E-state index in [0.717, 1.165) is 18.4 Å². The van der Waals surface area contributed by atoms with Crippen molar-refractivity contribution in [2.24, 2.45) is 5.92 Å². The topological polar surface area (TPSA) is 49.4 Å². The lowest BCUT2D eigenvalue weighted by atomic mass is 9.96. The summed E-state index contributed by atoms with van der Waals surface area (Å²) in [5.74, 6) is -0.253. The Morgan fingerprint density at radius 3 is 2.70 bits per heavy atom. The second-order valence-electron chi connectivity index (χ2n) is 5.01. The molecule has 20 heavy (non-hydrogen) atoms. The quantitative estimate of drug-likeness (QED) is 0.866. The van der Waals surface area contributed by atoms with Crippen molar-refractivity contribution in [1.29, 1.82) is 0 Å². The maximum Gasteiger partial charge on any atom is 0.245 e. The van der Waals surface area contributed by atoms with Crippen molar-refractivity contribution >= 4 is 23.4 Å². The Balaban J connectivity index is 2.03. The van der Waals surface area contributed by atoms with Crippen molar-refractivity contribution in [1.82, 2.24) is 10.2 Å². The summed E-state index contributed by atoms with van der Waals surface area (Å²) >= 11 is 6.26. The van der Waals surface area contributed by atoms with Crippen molar-refractivity contribution in [2.45, 2.75) is 18.2 Å². The predicted octanol–water partition coefficient (Wildman–Crippen LogP) is 1.95. The molecule has 0 bridgehead atoms. The number of halogens is 1. The normalized spacial score (nSPS) is 20.3. The number of hydrogen-bond donors (Lipinski definition) is 1. The third-order valence-corrected chi connectivity index (χ3v) is 4.10. The molecule has 2 unspecified atom stereocenters. The van der Waals surface area contributed by atoms with Crippen molar-refractivity contribution < 1.29 is 9.59 Å². The van der Waals surface area contributed by atoms with Crippen LogP contribution in [0.15, 0.2) is 30.3 Å². The Labute approximate surface area is 124 Å². The predicted molar refractivity (Wildman–Crippen MR) is 78.4 cm³/mol. The maximum atomic E-state index is 12.4. The average Bonchev–Trinajstić information content (AvgIpc) is 2.53. The first-order valence-corrected chi connectivity index (χ1v) is 7.26. The largest absolute Gasteiger partial charge is 0.359 e. The van der Waals surface area contributed by atoms with Gasteiger partial charge in [-0.1, -0.05) is 30.3 Å². The summed E-state index contributed by atoms with van der Waals surface area (Å²) in [6.45, 7) is 1.12. The van der Waals surface area contributed by atoms with Gasteiger partial charge in [-0.05, 0) is 18.4 Å². The van der Waals surface area contributed by atoms with Gasteiger partial charge in [0.25, 0.3) is 0 Å². The van der Waals surface area contributed by atoms with Gasteiger partial charge in [0.2, 0.25) is 11.8 Å². The molecular weight excluding hydrogens is 276 g/mol. The van der Waals surface area contributed by atoms with Gasteiger partial charge in [0.1, 0.15) is 5.38 Å². The van der Waals surface area contributed by atoms with Crippen molar-refractivity contribution in [3.05, 3.63) is 35.9 Å². The van der Waals surface area contributed by atoms with E-state index in [-0.39, 0.29) is 17.7 Å². The minimum Gasteiger partial charge on any atom is -0.359 e. The van der Waals surface area contributed by atoms with Gasteiger partial charge < -0.3 is 10.2 Å². The number of nitrogens with one attached hydrogen (secondary N) is 1. The minimum absolute atomic E-state index is 0.00617. The zero-order valence-electron chi connectivity index (χ0n) is 11.5. The van der Waals surface area contributed by atoms with Crippen LogP contribution in [0.5, 0.6) is 0 Å². The molecular formula is C15H19ClN2O2. The van der Waals surface area contributed by atoms with Crippen LogP contribution in [0.4, 0.5) is 0 Å². The zero-order chi connectivity index (χ0) is 14.5. The Morgan fingerprint density at radius 2 is 2.05 bits per heavy atom. The monoisotopic (exact) mass is 294 g/mol. The van der Waals surface area contributed by atoms with E-state index in [2.05, 4.69) is 5.32 Å².